The molecule has 2 heterocycles. The normalized spacial score (nSPS) is 29.6. The van der Waals surface area contributed by atoms with E-state index in [-0.39, 0.29) is 39.8 Å². The SMILES string of the molecule is C/N=N\C(=C/C(C)C1CC[C@](C)(C(=O)N2CCC3(COC3)C2)C1(C)C)c1c(F)cccc1F. The molecular weight excluding hydrogens is 424 g/mol. The summed E-state index contributed by atoms with van der Waals surface area (Å²) in [6.07, 6.45) is 4.48. The molecule has 1 aromatic carbocycles. The molecule has 3 atom stereocenters. The third-order valence-corrected chi connectivity index (χ3v) is 8.80. The van der Waals surface area contributed by atoms with E-state index in [0.29, 0.717) is 0 Å². The van der Waals surface area contributed by atoms with Gasteiger partial charge in [-0.15, -0.1) is 0 Å². The number of hydrogen-bond acceptors (Lipinski definition) is 4. The molecule has 180 valence electrons. The van der Waals surface area contributed by atoms with Crippen molar-refractivity contribution in [1.82, 2.24) is 4.90 Å². The van der Waals surface area contributed by atoms with Crippen LogP contribution in [0.4, 0.5) is 8.78 Å². The fourth-order valence-electron chi connectivity index (χ4n) is 6.30. The Morgan fingerprint density at radius 3 is 2.42 bits per heavy atom. The summed E-state index contributed by atoms with van der Waals surface area (Å²) in [5, 5.41) is 7.86. The van der Waals surface area contributed by atoms with Crippen molar-refractivity contribution >= 4 is 11.6 Å². The van der Waals surface area contributed by atoms with Crippen molar-refractivity contribution in [2.45, 2.75) is 47.0 Å². The van der Waals surface area contributed by atoms with Gasteiger partial charge in [0.25, 0.3) is 0 Å². The molecule has 1 aliphatic carbocycles. The van der Waals surface area contributed by atoms with Gasteiger partial charge in [-0.3, -0.25) is 4.79 Å². The molecule has 7 heteroatoms. The first-order chi connectivity index (χ1) is 15.5. The number of carbonyl (C=O) groups is 1. The summed E-state index contributed by atoms with van der Waals surface area (Å²) >= 11 is 0. The quantitative estimate of drug-likeness (QED) is 0.529. The first-order valence-corrected chi connectivity index (χ1v) is 11.9. The Kier molecular flexibility index (Phi) is 6.23. The summed E-state index contributed by atoms with van der Waals surface area (Å²) in [5.74, 6) is -0.974. The minimum absolute atomic E-state index is 0.0425. The van der Waals surface area contributed by atoms with E-state index in [4.69, 9.17) is 4.74 Å². The zero-order valence-electron chi connectivity index (χ0n) is 20.3. The maximum absolute atomic E-state index is 14.5. The molecule has 3 aliphatic rings. The molecule has 1 saturated carbocycles. The smallest absolute Gasteiger partial charge is 0.229 e. The van der Waals surface area contributed by atoms with Crippen LogP contribution in [0, 0.1) is 39.7 Å². The van der Waals surface area contributed by atoms with Crippen LogP contribution in [0.5, 0.6) is 0 Å². The van der Waals surface area contributed by atoms with Gasteiger partial charge in [-0.1, -0.05) is 39.8 Å². The van der Waals surface area contributed by atoms with Gasteiger partial charge in [-0.2, -0.15) is 10.2 Å². The van der Waals surface area contributed by atoms with Crippen molar-refractivity contribution in [3.63, 3.8) is 0 Å². The summed E-state index contributed by atoms with van der Waals surface area (Å²) < 4.78 is 34.3. The Labute approximate surface area is 195 Å². The van der Waals surface area contributed by atoms with E-state index in [9.17, 15) is 13.6 Å². The third-order valence-electron chi connectivity index (χ3n) is 8.80. The van der Waals surface area contributed by atoms with Crippen LogP contribution in [0.3, 0.4) is 0 Å². The Balaban J connectivity index is 1.58. The van der Waals surface area contributed by atoms with E-state index in [1.807, 2.05) is 17.9 Å². The van der Waals surface area contributed by atoms with Gasteiger partial charge >= 0.3 is 0 Å². The van der Waals surface area contributed by atoms with Crippen molar-refractivity contribution < 1.29 is 18.3 Å². The van der Waals surface area contributed by atoms with Crippen molar-refractivity contribution in [3.05, 3.63) is 41.5 Å². The first-order valence-electron chi connectivity index (χ1n) is 11.9. The van der Waals surface area contributed by atoms with Gasteiger partial charge in [0.05, 0.1) is 29.9 Å². The van der Waals surface area contributed by atoms with Crippen molar-refractivity contribution in [2.24, 2.45) is 38.3 Å². The number of allylic oxidation sites excluding steroid dienone is 1. The Hall–Kier alpha value is -2.15. The predicted octanol–water partition coefficient (Wildman–Crippen LogP) is 5.72. The number of carbonyl (C=O) groups excluding carboxylic acids is 1. The zero-order chi connectivity index (χ0) is 24.0. The van der Waals surface area contributed by atoms with E-state index >= 15 is 0 Å². The lowest BCUT2D eigenvalue weighted by molar-refractivity contribution is -0.150. The molecule has 2 saturated heterocycles. The molecule has 4 rings (SSSR count). The standard InChI is InChI=1S/C26H35F2N3O2/c1-17(13-21(30-29-5)22-19(27)7-6-8-20(22)28)18-9-10-25(4,24(18,2)3)23(32)31-12-11-26(14-31)15-33-16-26/h6-8,13,17-18H,9-12,14-16H2,1-5H3/b21-13-,30-29-/t17?,18?,25-/m1/s1. The van der Waals surface area contributed by atoms with Gasteiger partial charge in [0.15, 0.2) is 0 Å². The monoisotopic (exact) mass is 459 g/mol. The van der Waals surface area contributed by atoms with Crippen molar-refractivity contribution in [1.29, 1.82) is 0 Å². The number of azo groups is 1. The molecular formula is C26H35F2N3O2. The number of amides is 1. The highest BCUT2D eigenvalue weighted by atomic mass is 19.1. The third kappa shape index (κ3) is 3.92. The van der Waals surface area contributed by atoms with Crippen LogP contribution in [0.15, 0.2) is 34.5 Å². The largest absolute Gasteiger partial charge is 0.380 e. The van der Waals surface area contributed by atoms with Crippen LogP contribution in [-0.2, 0) is 9.53 Å². The molecule has 0 radical (unpaired) electrons. The van der Waals surface area contributed by atoms with E-state index in [1.165, 1.54) is 25.2 Å². The second-order valence-corrected chi connectivity index (χ2v) is 11.0. The second kappa shape index (κ2) is 8.57. The lowest BCUT2D eigenvalue weighted by atomic mass is 9.62. The molecule has 0 bridgehead atoms. The molecule has 1 aromatic rings. The van der Waals surface area contributed by atoms with Crippen LogP contribution < -0.4 is 0 Å². The predicted molar refractivity (Wildman–Crippen MR) is 123 cm³/mol. The maximum atomic E-state index is 14.5. The highest BCUT2D eigenvalue weighted by Gasteiger charge is 2.59. The van der Waals surface area contributed by atoms with E-state index in [0.717, 1.165) is 45.6 Å². The molecule has 2 unspecified atom stereocenters. The van der Waals surface area contributed by atoms with Gasteiger partial charge in [-0.05, 0) is 48.6 Å². The van der Waals surface area contributed by atoms with E-state index in [1.54, 1.807) is 0 Å². The topological polar surface area (TPSA) is 54.3 Å². The number of halogens is 2. The zero-order valence-corrected chi connectivity index (χ0v) is 20.3. The molecule has 1 amide bonds. The van der Waals surface area contributed by atoms with E-state index < -0.39 is 17.0 Å². The number of hydrogen-bond donors (Lipinski definition) is 0. The summed E-state index contributed by atoms with van der Waals surface area (Å²) in [7, 11) is 1.49. The Morgan fingerprint density at radius 1 is 1.21 bits per heavy atom. The molecule has 1 spiro atoms. The van der Waals surface area contributed by atoms with Gasteiger partial charge in [0.1, 0.15) is 11.6 Å². The number of rotatable bonds is 5. The van der Waals surface area contributed by atoms with Crippen LogP contribution in [0.2, 0.25) is 0 Å². The van der Waals surface area contributed by atoms with Crippen LogP contribution in [-0.4, -0.2) is 44.2 Å². The van der Waals surface area contributed by atoms with Gasteiger partial charge in [0, 0.05) is 25.6 Å². The fourth-order valence-corrected chi connectivity index (χ4v) is 6.30. The lowest BCUT2D eigenvalue weighted by Gasteiger charge is -2.44. The number of benzene rings is 1. The maximum Gasteiger partial charge on any atom is 0.229 e. The average Bonchev–Trinajstić information content (AvgIpc) is 3.28. The summed E-state index contributed by atoms with van der Waals surface area (Å²) in [4.78, 5) is 15.8. The fraction of sp³-hybridized carbons (Fsp3) is 0.654. The Bertz CT molecular complexity index is 965. The second-order valence-electron chi connectivity index (χ2n) is 11.0. The lowest BCUT2D eigenvalue weighted by Crippen LogP contribution is -2.51. The van der Waals surface area contributed by atoms with Gasteiger partial charge in [0.2, 0.25) is 5.91 Å². The van der Waals surface area contributed by atoms with Crippen LogP contribution in [0.25, 0.3) is 5.70 Å². The van der Waals surface area contributed by atoms with E-state index in [2.05, 4.69) is 31.0 Å². The highest BCUT2D eigenvalue weighted by Crippen LogP contribution is 2.59. The highest BCUT2D eigenvalue weighted by molar-refractivity contribution is 5.84. The number of likely N-dealkylation sites (tertiary alicyclic amines) is 1. The molecule has 5 nitrogen and oxygen atoms in total. The number of nitrogens with zero attached hydrogens (tertiary/aromatic N) is 3. The van der Waals surface area contributed by atoms with Crippen LogP contribution in [0.1, 0.15) is 52.5 Å². The molecule has 0 aromatic heterocycles. The summed E-state index contributed by atoms with van der Waals surface area (Å²) in [5.41, 5.74) is -0.592. The minimum atomic E-state index is -0.658. The molecule has 2 aliphatic heterocycles. The van der Waals surface area contributed by atoms with Gasteiger partial charge in [-0.25, -0.2) is 8.78 Å². The average molecular weight is 460 g/mol. The molecule has 33 heavy (non-hydrogen) atoms. The Morgan fingerprint density at radius 2 is 1.88 bits per heavy atom. The van der Waals surface area contributed by atoms with Crippen molar-refractivity contribution in [2.75, 3.05) is 33.4 Å². The van der Waals surface area contributed by atoms with Gasteiger partial charge < -0.3 is 9.64 Å². The van der Waals surface area contributed by atoms with Crippen LogP contribution >= 0.6 is 0 Å². The summed E-state index contributed by atoms with van der Waals surface area (Å²) in [6.45, 7) is 11.5. The summed E-state index contributed by atoms with van der Waals surface area (Å²) in [6, 6.07) is 3.80. The van der Waals surface area contributed by atoms with Crippen molar-refractivity contribution in [3.8, 4) is 0 Å². The number of ether oxygens (including phenoxy) is 1. The molecule has 0 N–H and O–H groups in total. The minimum Gasteiger partial charge on any atom is -0.380 e. The first kappa shape index (κ1) is 24.0. The molecule has 3 fully saturated rings.